The van der Waals surface area contributed by atoms with Gasteiger partial charge in [0.15, 0.2) is 18.0 Å². The molecule has 19 heavy (non-hydrogen) atoms. The van der Waals surface area contributed by atoms with Crippen LogP contribution in [0.5, 0.6) is 0 Å². The Bertz CT molecular complexity index is 379. The Morgan fingerprint density at radius 3 is 2.11 bits per heavy atom. The van der Waals surface area contributed by atoms with Gasteiger partial charge in [-0.1, -0.05) is 6.08 Å². The molecule has 1 aliphatic carbocycles. The Morgan fingerprint density at radius 1 is 1.21 bits per heavy atom. The predicted octanol–water partition coefficient (Wildman–Crippen LogP) is -0.476. The number of rotatable bonds is 2. The third-order valence-electron chi connectivity index (χ3n) is 3.16. The van der Waals surface area contributed by atoms with E-state index in [1.54, 1.807) is 0 Å². The van der Waals surface area contributed by atoms with Crippen molar-refractivity contribution in [2.75, 3.05) is 14.2 Å². The first kappa shape index (κ1) is 14.0. The zero-order chi connectivity index (χ0) is 14.0. The molecule has 0 aromatic carbocycles. The number of hydrogen-bond acceptors (Lipinski definition) is 7. The van der Waals surface area contributed by atoms with Crippen molar-refractivity contribution in [3.05, 3.63) is 12.2 Å². The molecule has 0 bridgehead atoms. The van der Waals surface area contributed by atoms with Crippen LogP contribution in [-0.2, 0) is 28.5 Å². The Balaban J connectivity index is 2.22. The molecule has 0 unspecified atom stereocenters. The lowest BCUT2D eigenvalue weighted by molar-refractivity contribution is -0.172. The average Bonchev–Trinajstić information content (AvgIpc) is 2.80. The molecule has 1 N–H and O–H groups in total. The van der Waals surface area contributed by atoms with Gasteiger partial charge in [0.05, 0.1) is 20.3 Å². The van der Waals surface area contributed by atoms with E-state index in [-0.39, 0.29) is 0 Å². The maximum absolute atomic E-state index is 11.6. The molecular formula is C12H16O7. The van der Waals surface area contributed by atoms with Crippen LogP contribution >= 0.6 is 0 Å². The van der Waals surface area contributed by atoms with Crippen LogP contribution in [0.15, 0.2) is 12.2 Å². The fraction of sp³-hybridized carbons (Fsp3) is 0.667. The first-order chi connectivity index (χ1) is 9.01. The van der Waals surface area contributed by atoms with E-state index in [1.807, 2.05) is 0 Å². The molecule has 1 spiro atoms. The van der Waals surface area contributed by atoms with E-state index in [1.165, 1.54) is 26.4 Å². The van der Waals surface area contributed by atoms with Gasteiger partial charge in [-0.25, -0.2) is 9.59 Å². The van der Waals surface area contributed by atoms with Gasteiger partial charge in [-0.2, -0.15) is 0 Å². The summed E-state index contributed by atoms with van der Waals surface area (Å²) in [5.41, 5.74) is 0. The highest BCUT2D eigenvalue weighted by Gasteiger charge is 2.54. The van der Waals surface area contributed by atoms with Gasteiger partial charge in [-0.3, -0.25) is 0 Å². The van der Waals surface area contributed by atoms with Crippen LogP contribution in [0.4, 0.5) is 0 Å². The molecule has 2 rings (SSSR count). The molecule has 0 amide bonds. The van der Waals surface area contributed by atoms with E-state index in [0.717, 1.165) is 0 Å². The molecule has 3 atom stereocenters. The second kappa shape index (κ2) is 5.28. The molecule has 0 saturated carbocycles. The SMILES string of the molecule is COC(=O)[C@H]1OC2(C=C[C@@H](O)CC2)O[C@@H]1C(=O)OC. The highest BCUT2D eigenvalue weighted by Crippen LogP contribution is 2.37. The smallest absolute Gasteiger partial charge is 0.338 e. The van der Waals surface area contributed by atoms with Gasteiger partial charge in [-0.15, -0.1) is 0 Å². The van der Waals surface area contributed by atoms with Crippen molar-refractivity contribution in [2.24, 2.45) is 0 Å². The molecule has 1 aliphatic heterocycles. The topological polar surface area (TPSA) is 91.3 Å². The third kappa shape index (κ3) is 2.63. The van der Waals surface area contributed by atoms with E-state index in [9.17, 15) is 14.7 Å². The maximum atomic E-state index is 11.6. The van der Waals surface area contributed by atoms with Crippen LogP contribution in [0, 0.1) is 0 Å². The monoisotopic (exact) mass is 272 g/mol. The number of methoxy groups -OCH3 is 2. The van der Waals surface area contributed by atoms with Gasteiger partial charge in [0, 0.05) is 6.42 Å². The van der Waals surface area contributed by atoms with Crippen LogP contribution in [0.3, 0.4) is 0 Å². The number of aliphatic hydroxyl groups is 1. The third-order valence-corrected chi connectivity index (χ3v) is 3.16. The standard InChI is InChI=1S/C12H16O7/c1-16-10(14)8-9(11(15)17-2)19-12(18-8)5-3-7(13)4-6-12/h3,5,7-9,13H,4,6H2,1-2H3/t7-,8+,9+/m1/s1. The molecule has 1 saturated heterocycles. The van der Waals surface area contributed by atoms with E-state index >= 15 is 0 Å². The summed E-state index contributed by atoms with van der Waals surface area (Å²) < 4.78 is 20.2. The molecular weight excluding hydrogens is 256 g/mol. The van der Waals surface area contributed by atoms with Gasteiger partial charge in [0.25, 0.3) is 0 Å². The molecule has 0 aromatic rings. The van der Waals surface area contributed by atoms with Gasteiger partial charge >= 0.3 is 11.9 Å². The number of esters is 2. The minimum Gasteiger partial charge on any atom is -0.467 e. The van der Waals surface area contributed by atoms with Crippen LogP contribution in [0.25, 0.3) is 0 Å². The number of carbonyl (C=O) groups excluding carboxylic acids is 2. The normalized spacial score (nSPS) is 32.3. The fourth-order valence-corrected chi connectivity index (χ4v) is 2.14. The van der Waals surface area contributed by atoms with Gasteiger partial charge in [0.2, 0.25) is 0 Å². The molecule has 1 heterocycles. The van der Waals surface area contributed by atoms with E-state index < -0.39 is 36.0 Å². The van der Waals surface area contributed by atoms with Crippen molar-refractivity contribution in [2.45, 2.75) is 36.9 Å². The minimum absolute atomic E-state index is 0.339. The maximum Gasteiger partial charge on any atom is 0.338 e. The van der Waals surface area contributed by atoms with Gasteiger partial charge in [0.1, 0.15) is 0 Å². The largest absolute Gasteiger partial charge is 0.467 e. The van der Waals surface area contributed by atoms with Gasteiger partial charge in [-0.05, 0) is 12.5 Å². The number of hydrogen-bond donors (Lipinski definition) is 1. The quantitative estimate of drug-likeness (QED) is 0.536. The Labute approximate surface area is 110 Å². The Hall–Kier alpha value is -1.44. The molecule has 0 aromatic heterocycles. The molecule has 106 valence electrons. The summed E-state index contributed by atoms with van der Waals surface area (Å²) in [6, 6.07) is 0. The first-order valence-electron chi connectivity index (χ1n) is 5.90. The minimum atomic E-state index is -1.18. The zero-order valence-corrected chi connectivity index (χ0v) is 10.7. The van der Waals surface area contributed by atoms with Crippen molar-refractivity contribution < 1.29 is 33.6 Å². The summed E-state index contributed by atoms with van der Waals surface area (Å²) >= 11 is 0. The van der Waals surface area contributed by atoms with Crippen LogP contribution in [0.1, 0.15) is 12.8 Å². The highest BCUT2D eigenvalue weighted by molar-refractivity contribution is 5.86. The van der Waals surface area contributed by atoms with Crippen molar-refractivity contribution in [1.82, 2.24) is 0 Å². The van der Waals surface area contributed by atoms with E-state index in [0.29, 0.717) is 12.8 Å². The molecule has 2 aliphatic rings. The van der Waals surface area contributed by atoms with Crippen molar-refractivity contribution in [1.29, 1.82) is 0 Å². The second-order valence-electron chi connectivity index (χ2n) is 4.40. The Kier molecular flexibility index (Phi) is 3.88. The van der Waals surface area contributed by atoms with E-state index in [2.05, 4.69) is 9.47 Å². The number of aliphatic hydroxyl groups excluding tert-OH is 1. The van der Waals surface area contributed by atoms with Crippen molar-refractivity contribution in [3.8, 4) is 0 Å². The lowest BCUT2D eigenvalue weighted by Gasteiger charge is -2.28. The number of ether oxygens (including phenoxy) is 4. The summed E-state index contributed by atoms with van der Waals surface area (Å²) in [5, 5.41) is 9.41. The predicted molar refractivity (Wildman–Crippen MR) is 60.9 cm³/mol. The Morgan fingerprint density at radius 2 is 1.74 bits per heavy atom. The van der Waals surface area contributed by atoms with Crippen molar-refractivity contribution in [3.63, 3.8) is 0 Å². The van der Waals surface area contributed by atoms with Crippen molar-refractivity contribution >= 4 is 11.9 Å². The van der Waals surface area contributed by atoms with E-state index in [4.69, 9.17) is 9.47 Å². The number of carbonyl (C=O) groups is 2. The molecule has 7 nitrogen and oxygen atoms in total. The fourth-order valence-electron chi connectivity index (χ4n) is 2.14. The van der Waals surface area contributed by atoms with Gasteiger partial charge < -0.3 is 24.1 Å². The second-order valence-corrected chi connectivity index (χ2v) is 4.40. The van der Waals surface area contributed by atoms with Crippen LogP contribution in [-0.4, -0.2) is 55.4 Å². The lowest BCUT2D eigenvalue weighted by atomic mass is 10.00. The molecule has 1 fully saturated rings. The summed E-state index contributed by atoms with van der Waals surface area (Å²) in [7, 11) is 2.40. The zero-order valence-electron chi connectivity index (χ0n) is 10.7. The highest BCUT2D eigenvalue weighted by atomic mass is 16.8. The summed E-state index contributed by atoms with van der Waals surface area (Å²) in [5.74, 6) is -2.59. The average molecular weight is 272 g/mol. The van der Waals surface area contributed by atoms with Crippen LogP contribution < -0.4 is 0 Å². The summed E-state index contributed by atoms with van der Waals surface area (Å²) in [4.78, 5) is 23.3. The first-order valence-corrected chi connectivity index (χ1v) is 5.90. The summed E-state index contributed by atoms with van der Waals surface area (Å²) in [6.07, 6.45) is 0.864. The molecule has 0 radical (unpaired) electrons. The summed E-state index contributed by atoms with van der Waals surface area (Å²) in [6.45, 7) is 0. The van der Waals surface area contributed by atoms with Crippen LogP contribution in [0.2, 0.25) is 0 Å². The lowest BCUT2D eigenvalue weighted by Crippen LogP contribution is -2.38. The molecule has 7 heteroatoms.